The van der Waals surface area contributed by atoms with Crippen LogP contribution in [-0.4, -0.2) is 37.2 Å². The van der Waals surface area contributed by atoms with Gasteiger partial charge in [-0.05, 0) is 41.3 Å². The molecule has 170 valence electrons. The fraction of sp³-hybridized carbons (Fsp3) is 0.259. The summed E-state index contributed by atoms with van der Waals surface area (Å²) in [4.78, 5) is 26.3. The summed E-state index contributed by atoms with van der Waals surface area (Å²) < 4.78 is 16.1. The van der Waals surface area contributed by atoms with Crippen LogP contribution in [0.4, 0.5) is 4.79 Å². The summed E-state index contributed by atoms with van der Waals surface area (Å²) in [5.41, 5.74) is 4.55. The van der Waals surface area contributed by atoms with E-state index in [4.69, 9.17) is 14.2 Å². The van der Waals surface area contributed by atoms with Crippen molar-refractivity contribution in [1.29, 1.82) is 0 Å². The SMILES string of the molecule is COC(=O)Cc1ccc(OC)c(-c2ccccc2CN2C(=O)O[C@H](c3ccccc3)[C@@H]2C)c1. The highest BCUT2D eigenvalue weighted by Gasteiger charge is 2.39. The molecule has 0 bridgehead atoms. The van der Waals surface area contributed by atoms with Crippen molar-refractivity contribution in [1.82, 2.24) is 4.90 Å². The second-order valence-electron chi connectivity index (χ2n) is 8.03. The minimum absolute atomic E-state index is 0.125. The molecule has 6 heteroatoms. The first-order chi connectivity index (χ1) is 16.0. The molecule has 0 radical (unpaired) electrons. The topological polar surface area (TPSA) is 65.1 Å². The number of carbonyl (C=O) groups excluding carboxylic acids is 2. The number of rotatable bonds is 7. The Hall–Kier alpha value is -3.80. The molecule has 0 N–H and O–H groups in total. The van der Waals surface area contributed by atoms with Gasteiger partial charge < -0.3 is 14.2 Å². The lowest BCUT2D eigenvalue weighted by Gasteiger charge is -2.23. The number of amides is 1. The summed E-state index contributed by atoms with van der Waals surface area (Å²) >= 11 is 0. The van der Waals surface area contributed by atoms with Gasteiger partial charge in [-0.25, -0.2) is 4.79 Å². The van der Waals surface area contributed by atoms with E-state index in [1.807, 2.05) is 79.7 Å². The predicted octanol–water partition coefficient (Wildman–Crippen LogP) is 5.16. The number of esters is 1. The number of hydrogen-bond acceptors (Lipinski definition) is 5. The van der Waals surface area contributed by atoms with Crippen LogP contribution in [0.25, 0.3) is 11.1 Å². The summed E-state index contributed by atoms with van der Waals surface area (Å²) in [5, 5.41) is 0. The predicted molar refractivity (Wildman–Crippen MR) is 125 cm³/mol. The largest absolute Gasteiger partial charge is 0.496 e. The van der Waals surface area contributed by atoms with Gasteiger partial charge in [0.05, 0.1) is 33.2 Å². The van der Waals surface area contributed by atoms with Crippen molar-refractivity contribution in [3.63, 3.8) is 0 Å². The van der Waals surface area contributed by atoms with Crippen LogP contribution < -0.4 is 4.74 Å². The standard InChI is InChI=1S/C27H27NO5/c1-18-26(20-9-5-4-6-10-20)33-27(30)28(18)17-21-11-7-8-12-22(21)23-15-19(16-25(29)32-3)13-14-24(23)31-2/h4-15,18,26H,16-17H2,1-3H3/t18-,26-/m0/s1. The van der Waals surface area contributed by atoms with Gasteiger partial charge in [-0.15, -0.1) is 0 Å². The van der Waals surface area contributed by atoms with Crippen molar-refractivity contribution in [3.8, 4) is 16.9 Å². The Bertz CT molecular complexity index is 1140. The number of cyclic esters (lactones) is 1. The van der Waals surface area contributed by atoms with E-state index in [-0.39, 0.29) is 30.6 Å². The maximum Gasteiger partial charge on any atom is 0.411 e. The molecule has 2 atom stereocenters. The van der Waals surface area contributed by atoms with Gasteiger partial charge in [0.15, 0.2) is 0 Å². The van der Waals surface area contributed by atoms with Gasteiger partial charge in [-0.3, -0.25) is 9.69 Å². The summed E-state index contributed by atoms with van der Waals surface area (Å²) in [7, 11) is 2.99. The number of hydrogen-bond donors (Lipinski definition) is 0. The molecule has 0 saturated carbocycles. The summed E-state index contributed by atoms with van der Waals surface area (Å²) in [5.74, 6) is 0.385. The zero-order valence-corrected chi connectivity index (χ0v) is 19.0. The molecular formula is C27H27NO5. The van der Waals surface area contributed by atoms with Crippen LogP contribution in [0, 0.1) is 0 Å². The molecule has 33 heavy (non-hydrogen) atoms. The Morgan fingerprint density at radius 2 is 1.70 bits per heavy atom. The molecule has 1 aliphatic rings. The van der Waals surface area contributed by atoms with Gasteiger partial charge in [0.1, 0.15) is 11.9 Å². The molecule has 0 aliphatic carbocycles. The van der Waals surface area contributed by atoms with Gasteiger partial charge >= 0.3 is 12.1 Å². The highest BCUT2D eigenvalue weighted by Crippen LogP contribution is 2.37. The lowest BCUT2D eigenvalue weighted by molar-refractivity contribution is -0.139. The van der Waals surface area contributed by atoms with E-state index in [0.717, 1.165) is 27.8 Å². The van der Waals surface area contributed by atoms with Crippen molar-refractivity contribution < 1.29 is 23.8 Å². The molecule has 4 rings (SSSR count). The van der Waals surface area contributed by atoms with Crippen LogP contribution in [0.1, 0.15) is 29.7 Å². The maximum absolute atomic E-state index is 12.8. The Morgan fingerprint density at radius 1 is 0.970 bits per heavy atom. The summed E-state index contributed by atoms with van der Waals surface area (Å²) in [6, 6.07) is 23.2. The fourth-order valence-electron chi connectivity index (χ4n) is 4.22. The van der Waals surface area contributed by atoms with E-state index in [0.29, 0.717) is 12.3 Å². The summed E-state index contributed by atoms with van der Waals surface area (Å²) in [6.07, 6.45) is -0.481. The van der Waals surface area contributed by atoms with E-state index in [2.05, 4.69) is 0 Å². The highest BCUT2D eigenvalue weighted by atomic mass is 16.6. The third-order valence-corrected chi connectivity index (χ3v) is 6.01. The van der Waals surface area contributed by atoms with Crippen molar-refractivity contribution >= 4 is 12.1 Å². The van der Waals surface area contributed by atoms with Crippen molar-refractivity contribution in [2.24, 2.45) is 0 Å². The number of methoxy groups -OCH3 is 2. The smallest absolute Gasteiger partial charge is 0.411 e. The Morgan fingerprint density at radius 3 is 2.42 bits per heavy atom. The molecule has 6 nitrogen and oxygen atoms in total. The fourth-order valence-corrected chi connectivity index (χ4v) is 4.22. The van der Waals surface area contributed by atoms with Crippen LogP contribution in [0.5, 0.6) is 5.75 Å². The zero-order chi connectivity index (χ0) is 23.4. The normalized spacial score (nSPS) is 17.5. The lowest BCUT2D eigenvalue weighted by Crippen LogP contribution is -2.31. The van der Waals surface area contributed by atoms with Crippen molar-refractivity contribution in [2.45, 2.75) is 32.0 Å². The minimum Gasteiger partial charge on any atom is -0.496 e. The lowest BCUT2D eigenvalue weighted by atomic mass is 9.95. The molecule has 0 spiro atoms. The Balaban J connectivity index is 1.65. The number of nitrogens with zero attached hydrogens (tertiary/aromatic N) is 1. The van der Waals surface area contributed by atoms with E-state index in [1.165, 1.54) is 7.11 Å². The average Bonchev–Trinajstić information content (AvgIpc) is 3.13. The third-order valence-electron chi connectivity index (χ3n) is 6.01. The number of ether oxygens (including phenoxy) is 3. The first kappa shape index (κ1) is 22.4. The van der Waals surface area contributed by atoms with Gasteiger partial charge in [0, 0.05) is 5.56 Å². The van der Waals surface area contributed by atoms with Crippen LogP contribution in [-0.2, 0) is 27.2 Å². The molecule has 1 saturated heterocycles. The molecule has 0 aromatic heterocycles. The van der Waals surface area contributed by atoms with E-state index >= 15 is 0 Å². The minimum atomic E-state index is -0.336. The van der Waals surface area contributed by atoms with Gasteiger partial charge in [-0.2, -0.15) is 0 Å². The molecule has 3 aromatic rings. The van der Waals surface area contributed by atoms with Crippen molar-refractivity contribution in [2.75, 3.05) is 14.2 Å². The molecule has 1 fully saturated rings. The van der Waals surface area contributed by atoms with Gasteiger partial charge in [0.25, 0.3) is 0 Å². The molecule has 0 unspecified atom stereocenters. The quantitative estimate of drug-likeness (QED) is 0.470. The second kappa shape index (κ2) is 9.77. The molecule has 1 aliphatic heterocycles. The highest BCUT2D eigenvalue weighted by molar-refractivity contribution is 5.78. The van der Waals surface area contributed by atoms with Crippen LogP contribution >= 0.6 is 0 Å². The van der Waals surface area contributed by atoms with E-state index in [1.54, 1.807) is 12.0 Å². The molecular weight excluding hydrogens is 418 g/mol. The Kier molecular flexibility index (Phi) is 6.63. The van der Waals surface area contributed by atoms with Crippen LogP contribution in [0.3, 0.4) is 0 Å². The summed E-state index contributed by atoms with van der Waals surface area (Å²) in [6.45, 7) is 2.40. The van der Waals surface area contributed by atoms with E-state index in [9.17, 15) is 9.59 Å². The number of benzene rings is 3. The Labute approximate surface area is 193 Å². The maximum atomic E-state index is 12.8. The van der Waals surface area contributed by atoms with Gasteiger partial charge in [0.2, 0.25) is 0 Å². The monoisotopic (exact) mass is 445 g/mol. The van der Waals surface area contributed by atoms with E-state index < -0.39 is 0 Å². The first-order valence-corrected chi connectivity index (χ1v) is 10.9. The van der Waals surface area contributed by atoms with Gasteiger partial charge in [-0.1, -0.05) is 60.7 Å². The molecule has 1 amide bonds. The van der Waals surface area contributed by atoms with Crippen LogP contribution in [0.2, 0.25) is 0 Å². The van der Waals surface area contributed by atoms with Crippen molar-refractivity contribution in [3.05, 3.63) is 89.5 Å². The molecule has 1 heterocycles. The van der Waals surface area contributed by atoms with Crippen LogP contribution in [0.15, 0.2) is 72.8 Å². The molecule has 3 aromatic carbocycles. The second-order valence-corrected chi connectivity index (χ2v) is 8.03. The zero-order valence-electron chi connectivity index (χ0n) is 19.0. The number of carbonyl (C=O) groups is 2. The third kappa shape index (κ3) is 4.70. The first-order valence-electron chi connectivity index (χ1n) is 10.9. The average molecular weight is 446 g/mol.